The van der Waals surface area contributed by atoms with Gasteiger partial charge in [-0.25, -0.2) is 9.97 Å². The van der Waals surface area contributed by atoms with Gasteiger partial charge in [0.05, 0.1) is 35.3 Å². The first-order valence-electron chi connectivity index (χ1n) is 10.2. The number of nitrogens with one attached hydrogen (secondary N) is 2. The van der Waals surface area contributed by atoms with E-state index in [1.54, 1.807) is 36.5 Å². The molecule has 2 atom stereocenters. The lowest BCUT2D eigenvalue weighted by molar-refractivity contribution is 0.0898. The normalized spacial score (nSPS) is 17.4. The van der Waals surface area contributed by atoms with Gasteiger partial charge in [-0.3, -0.25) is 4.79 Å². The molecule has 4 rings (SSSR count). The first-order chi connectivity index (χ1) is 15.5. The molecule has 32 heavy (non-hydrogen) atoms. The molecule has 3 aromatic rings. The molecule has 1 amide bonds. The number of aliphatic hydroxyl groups excluding tert-OH is 1. The van der Waals surface area contributed by atoms with Gasteiger partial charge in [-0.1, -0.05) is 29.4 Å². The number of hydrogen-bond acceptors (Lipinski definition) is 8. The highest BCUT2D eigenvalue weighted by Crippen LogP contribution is 2.28. The van der Waals surface area contributed by atoms with Crippen LogP contribution in [0.15, 0.2) is 65.9 Å². The number of nitrogen functional groups attached to an aromatic ring is 1. The molecular weight excluding hydrogens is 408 g/mol. The van der Waals surface area contributed by atoms with Crippen LogP contribution < -0.4 is 16.4 Å². The van der Waals surface area contributed by atoms with E-state index in [1.165, 1.54) is 0 Å². The SMILES string of the molecule is CC1ON=C(CO)C1c1ccnc(NCc2ccc(C(=O)Nc3ccccc3N)cc2)n1. The van der Waals surface area contributed by atoms with Crippen molar-refractivity contribution in [3.8, 4) is 0 Å². The van der Waals surface area contributed by atoms with E-state index in [0.29, 0.717) is 35.1 Å². The van der Waals surface area contributed by atoms with Crippen molar-refractivity contribution in [2.45, 2.75) is 25.5 Å². The molecular formula is C23H24N6O3. The van der Waals surface area contributed by atoms with Gasteiger partial charge in [-0.15, -0.1) is 0 Å². The molecule has 1 aromatic heterocycles. The summed E-state index contributed by atoms with van der Waals surface area (Å²) in [5.41, 5.74) is 9.74. The number of amides is 1. The molecule has 0 saturated carbocycles. The Morgan fingerprint density at radius 3 is 2.69 bits per heavy atom. The van der Waals surface area contributed by atoms with E-state index >= 15 is 0 Å². The lowest BCUT2D eigenvalue weighted by atomic mass is 9.95. The minimum atomic E-state index is -0.229. The molecule has 9 heteroatoms. The van der Waals surface area contributed by atoms with Gasteiger partial charge in [-0.2, -0.15) is 0 Å². The summed E-state index contributed by atoms with van der Waals surface area (Å²) in [6, 6.07) is 16.1. The van der Waals surface area contributed by atoms with Crippen molar-refractivity contribution in [2.24, 2.45) is 5.16 Å². The van der Waals surface area contributed by atoms with Crippen molar-refractivity contribution in [2.75, 3.05) is 23.0 Å². The highest BCUT2D eigenvalue weighted by molar-refractivity contribution is 6.05. The van der Waals surface area contributed by atoms with Crippen LogP contribution in [0.4, 0.5) is 17.3 Å². The smallest absolute Gasteiger partial charge is 0.255 e. The number of hydrogen-bond donors (Lipinski definition) is 4. The lowest BCUT2D eigenvalue weighted by Crippen LogP contribution is -2.22. The average Bonchev–Trinajstić information content (AvgIpc) is 3.20. The van der Waals surface area contributed by atoms with Crippen LogP contribution in [0, 0.1) is 0 Å². The van der Waals surface area contributed by atoms with Crippen LogP contribution in [0.3, 0.4) is 0 Å². The third-order valence-electron chi connectivity index (χ3n) is 5.20. The van der Waals surface area contributed by atoms with Crippen LogP contribution in [-0.2, 0) is 11.4 Å². The number of aliphatic hydroxyl groups is 1. The maximum Gasteiger partial charge on any atom is 0.255 e. The Hall–Kier alpha value is -3.98. The summed E-state index contributed by atoms with van der Waals surface area (Å²) in [5, 5.41) is 19.4. The van der Waals surface area contributed by atoms with Crippen molar-refractivity contribution < 1.29 is 14.7 Å². The Bertz CT molecular complexity index is 1130. The molecule has 0 radical (unpaired) electrons. The van der Waals surface area contributed by atoms with Crippen LogP contribution in [0.2, 0.25) is 0 Å². The second kappa shape index (κ2) is 9.44. The predicted molar refractivity (Wildman–Crippen MR) is 122 cm³/mol. The Morgan fingerprint density at radius 1 is 1.16 bits per heavy atom. The van der Waals surface area contributed by atoms with Crippen LogP contribution in [0.25, 0.3) is 0 Å². The number of carbonyl (C=O) groups excluding carboxylic acids is 1. The summed E-state index contributed by atoms with van der Waals surface area (Å²) in [4.78, 5) is 26.5. The second-order valence-corrected chi connectivity index (χ2v) is 7.43. The van der Waals surface area contributed by atoms with E-state index in [2.05, 4.69) is 25.8 Å². The number of rotatable bonds is 7. The fraction of sp³-hybridized carbons (Fsp3) is 0.217. The molecule has 0 spiro atoms. The Balaban J connectivity index is 1.38. The van der Waals surface area contributed by atoms with E-state index in [1.807, 2.05) is 31.2 Å². The highest BCUT2D eigenvalue weighted by Gasteiger charge is 2.33. The first kappa shape index (κ1) is 21.3. The number of aromatic nitrogens is 2. The van der Waals surface area contributed by atoms with E-state index in [4.69, 9.17) is 10.6 Å². The number of anilines is 3. The van der Waals surface area contributed by atoms with Gasteiger partial charge in [0.15, 0.2) is 0 Å². The zero-order valence-electron chi connectivity index (χ0n) is 17.5. The van der Waals surface area contributed by atoms with Gasteiger partial charge in [0, 0.05) is 18.3 Å². The van der Waals surface area contributed by atoms with E-state index in [0.717, 1.165) is 11.3 Å². The molecule has 0 fully saturated rings. The first-order valence-corrected chi connectivity index (χ1v) is 10.2. The quantitative estimate of drug-likeness (QED) is 0.422. The summed E-state index contributed by atoms with van der Waals surface area (Å²) in [7, 11) is 0. The lowest BCUT2D eigenvalue weighted by Gasteiger charge is -2.15. The highest BCUT2D eigenvalue weighted by atomic mass is 16.6. The molecule has 2 heterocycles. The molecule has 5 N–H and O–H groups in total. The van der Waals surface area contributed by atoms with Crippen molar-refractivity contribution >= 4 is 28.9 Å². The molecule has 1 aliphatic rings. The topological polar surface area (TPSA) is 135 Å². The van der Waals surface area contributed by atoms with Crippen LogP contribution >= 0.6 is 0 Å². The average molecular weight is 432 g/mol. The largest absolute Gasteiger partial charge is 0.397 e. The summed E-state index contributed by atoms with van der Waals surface area (Å²) in [6.07, 6.45) is 1.46. The molecule has 2 unspecified atom stereocenters. The zero-order chi connectivity index (χ0) is 22.5. The van der Waals surface area contributed by atoms with Crippen molar-refractivity contribution in [3.05, 3.63) is 77.6 Å². The third kappa shape index (κ3) is 4.68. The monoisotopic (exact) mass is 432 g/mol. The Kier molecular flexibility index (Phi) is 6.27. The minimum Gasteiger partial charge on any atom is -0.397 e. The predicted octanol–water partition coefficient (Wildman–Crippen LogP) is 2.77. The second-order valence-electron chi connectivity index (χ2n) is 7.43. The van der Waals surface area contributed by atoms with Crippen molar-refractivity contribution in [1.29, 1.82) is 0 Å². The number of benzene rings is 2. The molecule has 1 aliphatic heterocycles. The van der Waals surface area contributed by atoms with Crippen LogP contribution in [0.1, 0.15) is 34.5 Å². The Morgan fingerprint density at radius 2 is 1.94 bits per heavy atom. The number of para-hydroxylation sites is 2. The van der Waals surface area contributed by atoms with Crippen molar-refractivity contribution in [1.82, 2.24) is 9.97 Å². The van der Waals surface area contributed by atoms with Crippen molar-refractivity contribution in [3.63, 3.8) is 0 Å². The molecule has 9 nitrogen and oxygen atoms in total. The number of carbonyl (C=O) groups is 1. The van der Waals surface area contributed by atoms with Crippen LogP contribution in [-0.4, -0.2) is 39.4 Å². The van der Waals surface area contributed by atoms with Gasteiger partial charge < -0.3 is 26.3 Å². The minimum absolute atomic E-state index is 0.182. The summed E-state index contributed by atoms with van der Waals surface area (Å²) >= 11 is 0. The van der Waals surface area contributed by atoms with Gasteiger partial charge in [-0.05, 0) is 42.8 Å². The maximum atomic E-state index is 12.5. The standard InChI is InChI=1S/C23H24N6O3/c1-14-21(20(13-30)29-32-14)19-10-11-25-23(28-19)26-12-15-6-8-16(9-7-15)22(31)27-18-5-3-2-4-17(18)24/h2-11,14,21,30H,12-13,24H2,1H3,(H,27,31)(H,25,26,28). The number of nitrogens with zero attached hydrogens (tertiary/aromatic N) is 3. The summed E-state index contributed by atoms with van der Waals surface area (Å²) in [5.74, 6) is 0.0213. The summed E-state index contributed by atoms with van der Waals surface area (Å²) in [6.45, 7) is 2.18. The van der Waals surface area contributed by atoms with Gasteiger partial charge >= 0.3 is 0 Å². The third-order valence-corrected chi connectivity index (χ3v) is 5.20. The summed E-state index contributed by atoms with van der Waals surface area (Å²) < 4.78 is 0. The fourth-order valence-corrected chi connectivity index (χ4v) is 3.47. The molecule has 0 aliphatic carbocycles. The number of oxime groups is 1. The Labute approximate surface area is 185 Å². The van der Waals surface area contributed by atoms with Gasteiger partial charge in [0.1, 0.15) is 6.10 Å². The maximum absolute atomic E-state index is 12.5. The molecule has 164 valence electrons. The van der Waals surface area contributed by atoms with E-state index in [-0.39, 0.29) is 24.5 Å². The van der Waals surface area contributed by atoms with E-state index in [9.17, 15) is 9.90 Å². The molecule has 2 aromatic carbocycles. The fourth-order valence-electron chi connectivity index (χ4n) is 3.47. The molecule has 0 saturated heterocycles. The number of nitrogens with two attached hydrogens (primary N) is 1. The molecule has 0 bridgehead atoms. The van der Waals surface area contributed by atoms with Crippen LogP contribution in [0.5, 0.6) is 0 Å². The van der Waals surface area contributed by atoms with Gasteiger partial charge in [0.2, 0.25) is 5.95 Å². The van der Waals surface area contributed by atoms with E-state index < -0.39 is 0 Å². The zero-order valence-corrected chi connectivity index (χ0v) is 17.5. The van der Waals surface area contributed by atoms with Gasteiger partial charge in [0.25, 0.3) is 5.91 Å².